The van der Waals surface area contributed by atoms with Gasteiger partial charge in [-0.1, -0.05) is 34.6 Å². The first-order chi connectivity index (χ1) is 13.0. The molecule has 0 spiro atoms. The minimum atomic E-state index is -0.918. The zero-order valence-electron chi connectivity index (χ0n) is 20.0. The van der Waals surface area contributed by atoms with E-state index in [1.807, 2.05) is 42.0 Å². The molecule has 3 atom stereocenters. The Kier molecular flexibility index (Phi) is 9.99. The second kappa shape index (κ2) is 10.5. The lowest BCUT2D eigenvalue weighted by Gasteiger charge is -2.46. The number of rotatable bonds is 14. The Morgan fingerprint density at radius 3 is 1.76 bits per heavy atom. The SMILES string of the molecule is CCC(CC(C)(C)C(C(=O)C(C)CC)[N+](C)(C)CC(=O)O)C[N+](C)(C)CC(=O)O. The standard InChI is InChI=1S/C22H42N2O5/c1-10-16(3)20(29)21(24(8,9)15-19(27)28)22(4,5)12-17(11-2)13-23(6,7)14-18(25)26/h16-17,21H,10-15H2,1-9H3/p+2. The van der Waals surface area contributed by atoms with Gasteiger partial charge in [-0.2, -0.15) is 0 Å². The molecule has 7 nitrogen and oxygen atoms in total. The van der Waals surface area contributed by atoms with E-state index in [4.69, 9.17) is 0 Å². The minimum absolute atomic E-state index is 0.0483. The molecule has 0 heterocycles. The second-order valence-electron chi connectivity index (χ2n) is 10.6. The highest BCUT2D eigenvalue weighted by molar-refractivity contribution is 5.86. The molecule has 0 bridgehead atoms. The Morgan fingerprint density at radius 1 is 0.897 bits per heavy atom. The number of carboxylic acid groups (broad SMARTS) is 2. The van der Waals surface area contributed by atoms with Crippen molar-refractivity contribution in [3.05, 3.63) is 0 Å². The van der Waals surface area contributed by atoms with Crippen LogP contribution in [0.15, 0.2) is 0 Å². The summed E-state index contributed by atoms with van der Waals surface area (Å²) in [4.78, 5) is 36.0. The zero-order chi connectivity index (χ0) is 23.2. The number of hydrogen-bond donors (Lipinski definition) is 2. The van der Waals surface area contributed by atoms with E-state index in [0.29, 0.717) is 11.0 Å². The first kappa shape index (κ1) is 27.5. The number of aliphatic carboxylic acids is 2. The fourth-order valence-electron chi connectivity index (χ4n) is 4.91. The van der Waals surface area contributed by atoms with Crippen molar-refractivity contribution in [2.75, 3.05) is 47.8 Å². The van der Waals surface area contributed by atoms with Crippen molar-refractivity contribution in [1.82, 2.24) is 0 Å². The summed E-state index contributed by atoms with van der Waals surface area (Å²) in [7, 11) is 7.48. The summed E-state index contributed by atoms with van der Waals surface area (Å²) >= 11 is 0. The number of nitrogens with zero attached hydrogens (tertiary/aromatic N) is 2. The van der Waals surface area contributed by atoms with Gasteiger partial charge in [0, 0.05) is 17.3 Å². The molecule has 0 fully saturated rings. The van der Waals surface area contributed by atoms with Gasteiger partial charge < -0.3 is 19.2 Å². The van der Waals surface area contributed by atoms with Crippen molar-refractivity contribution < 1.29 is 33.6 Å². The van der Waals surface area contributed by atoms with Crippen molar-refractivity contribution >= 4 is 17.7 Å². The fraction of sp³-hybridized carbons (Fsp3) is 0.864. The number of likely N-dealkylation sites (N-methyl/N-ethyl adjacent to an activating group) is 2. The summed E-state index contributed by atoms with van der Waals surface area (Å²) in [6, 6.07) is -0.447. The third kappa shape index (κ3) is 8.83. The molecule has 2 N–H and O–H groups in total. The predicted molar refractivity (Wildman–Crippen MR) is 115 cm³/mol. The Morgan fingerprint density at radius 2 is 1.38 bits per heavy atom. The zero-order valence-corrected chi connectivity index (χ0v) is 20.0. The van der Waals surface area contributed by atoms with E-state index in [1.54, 1.807) is 0 Å². The summed E-state index contributed by atoms with van der Waals surface area (Å²) in [5, 5.41) is 18.6. The molecule has 0 aliphatic heterocycles. The molecule has 0 aliphatic carbocycles. The van der Waals surface area contributed by atoms with Crippen molar-refractivity contribution in [1.29, 1.82) is 0 Å². The van der Waals surface area contributed by atoms with Gasteiger partial charge in [0.05, 0.1) is 34.7 Å². The van der Waals surface area contributed by atoms with Gasteiger partial charge in [-0.3, -0.25) is 4.79 Å². The van der Waals surface area contributed by atoms with Crippen LogP contribution in [-0.2, 0) is 14.4 Å². The number of Topliss-reactive ketones (excluding diaryl/α,β-unsaturated/α-hetero) is 1. The quantitative estimate of drug-likeness (QED) is 0.425. The van der Waals surface area contributed by atoms with Crippen molar-refractivity contribution in [3.8, 4) is 0 Å². The maximum atomic E-state index is 13.4. The third-order valence-electron chi connectivity index (χ3n) is 6.06. The highest BCUT2D eigenvalue weighted by Crippen LogP contribution is 2.38. The van der Waals surface area contributed by atoms with Crippen molar-refractivity contribution in [2.24, 2.45) is 17.3 Å². The topological polar surface area (TPSA) is 91.7 Å². The molecule has 0 aliphatic rings. The lowest BCUT2D eigenvalue weighted by Crippen LogP contribution is -2.62. The van der Waals surface area contributed by atoms with E-state index in [1.165, 1.54) is 0 Å². The molecule has 0 aromatic rings. The van der Waals surface area contributed by atoms with Crippen molar-refractivity contribution in [3.63, 3.8) is 0 Å². The van der Waals surface area contributed by atoms with E-state index in [9.17, 15) is 24.6 Å². The molecule has 0 aromatic carbocycles. The van der Waals surface area contributed by atoms with E-state index < -0.39 is 23.4 Å². The molecular formula is C22H44N2O5+2. The Bertz CT molecular complexity index is 584. The number of hydrogen-bond acceptors (Lipinski definition) is 3. The third-order valence-corrected chi connectivity index (χ3v) is 6.06. The van der Waals surface area contributed by atoms with E-state index >= 15 is 0 Å². The average Bonchev–Trinajstić information content (AvgIpc) is 2.49. The van der Waals surface area contributed by atoms with Gasteiger partial charge in [0.1, 0.15) is 0 Å². The van der Waals surface area contributed by atoms with Gasteiger partial charge in [-0.15, -0.1) is 0 Å². The smallest absolute Gasteiger partial charge is 0.359 e. The second-order valence-corrected chi connectivity index (χ2v) is 10.6. The average molecular weight is 417 g/mol. The molecule has 3 unspecified atom stereocenters. The van der Waals surface area contributed by atoms with Crippen LogP contribution in [0.25, 0.3) is 0 Å². The lowest BCUT2D eigenvalue weighted by atomic mass is 9.71. The molecular weight excluding hydrogens is 372 g/mol. The Hall–Kier alpha value is -1.47. The van der Waals surface area contributed by atoms with Crippen molar-refractivity contribution in [2.45, 2.75) is 59.9 Å². The molecule has 0 aromatic heterocycles. The Labute approximate surface area is 176 Å². The first-order valence-electron chi connectivity index (χ1n) is 10.6. The summed E-state index contributed by atoms with van der Waals surface area (Å²) in [5.74, 6) is -1.54. The van der Waals surface area contributed by atoms with Crippen LogP contribution in [0.5, 0.6) is 0 Å². The van der Waals surface area contributed by atoms with Crippen LogP contribution in [0.3, 0.4) is 0 Å². The van der Waals surface area contributed by atoms with Crippen LogP contribution in [0.2, 0.25) is 0 Å². The largest absolute Gasteiger partial charge is 0.477 e. The molecule has 0 amide bonds. The van der Waals surface area contributed by atoms with E-state index in [-0.39, 0.29) is 35.2 Å². The van der Waals surface area contributed by atoms with Crippen LogP contribution >= 0.6 is 0 Å². The first-order valence-corrected chi connectivity index (χ1v) is 10.6. The maximum absolute atomic E-state index is 13.4. The predicted octanol–water partition coefficient (Wildman–Crippen LogP) is 2.73. The van der Waals surface area contributed by atoms with E-state index in [2.05, 4.69) is 20.8 Å². The summed E-state index contributed by atoms with van der Waals surface area (Å²) in [6.07, 6.45) is 2.33. The molecule has 0 rings (SSSR count). The molecule has 170 valence electrons. The molecule has 0 saturated heterocycles. The van der Waals surface area contributed by atoms with Gasteiger partial charge in [-0.05, 0) is 19.3 Å². The Balaban J connectivity index is 5.86. The maximum Gasteiger partial charge on any atom is 0.359 e. The highest BCUT2D eigenvalue weighted by Gasteiger charge is 2.49. The van der Waals surface area contributed by atoms with Gasteiger partial charge in [0.25, 0.3) is 0 Å². The fourth-order valence-corrected chi connectivity index (χ4v) is 4.91. The molecule has 29 heavy (non-hydrogen) atoms. The van der Waals surface area contributed by atoms with Crippen LogP contribution < -0.4 is 0 Å². The van der Waals surface area contributed by atoms with Crippen LogP contribution in [0.1, 0.15) is 53.9 Å². The molecule has 0 saturated carbocycles. The van der Waals surface area contributed by atoms with Crippen LogP contribution in [0.4, 0.5) is 0 Å². The summed E-state index contributed by atoms with van der Waals surface area (Å²) in [6.45, 7) is 10.7. The number of ketones is 1. The highest BCUT2D eigenvalue weighted by atomic mass is 16.4. The van der Waals surface area contributed by atoms with E-state index in [0.717, 1.165) is 19.3 Å². The number of carbonyl (C=O) groups excluding carboxylic acids is 1. The normalized spacial score (nSPS) is 16.2. The monoisotopic (exact) mass is 416 g/mol. The van der Waals surface area contributed by atoms with Crippen LogP contribution in [-0.4, -0.2) is 90.8 Å². The molecule has 7 heteroatoms. The summed E-state index contributed by atoms with van der Waals surface area (Å²) in [5.41, 5.74) is -0.427. The lowest BCUT2D eigenvalue weighted by molar-refractivity contribution is -0.906. The van der Waals surface area contributed by atoms with Gasteiger partial charge >= 0.3 is 11.9 Å². The number of carbonyl (C=O) groups is 3. The van der Waals surface area contributed by atoms with Gasteiger partial charge in [0.2, 0.25) is 0 Å². The van der Waals surface area contributed by atoms with Crippen LogP contribution in [0, 0.1) is 17.3 Å². The summed E-state index contributed by atoms with van der Waals surface area (Å²) < 4.78 is 0.483. The van der Waals surface area contributed by atoms with Gasteiger partial charge in [-0.25, -0.2) is 9.59 Å². The number of quaternary nitrogens is 2. The minimum Gasteiger partial charge on any atom is -0.477 e. The molecule has 0 radical (unpaired) electrons. The van der Waals surface area contributed by atoms with Gasteiger partial charge in [0.15, 0.2) is 24.9 Å². The number of carboxylic acids is 2.